The molecule has 0 bridgehead atoms. The van der Waals surface area contributed by atoms with E-state index in [2.05, 4.69) is 17.1 Å². The van der Waals surface area contributed by atoms with Crippen LogP contribution in [0.4, 0.5) is 0 Å². The van der Waals surface area contributed by atoms with E-state index in [0.717, 1.165) is 38.9 Å². The zero-order valence-corrected chi connectivity index (χ0v) is 8.88. The molecule has 0 saturated carbocycles. The van der Waals surface area contributed by atoms with E-state index in [0.29, 0.717) is 0 Å². The summed E-state index contributed by atoms with van der Waals surface area (Å²) in [6.07, 6.45) is 2.51. The van der Waals surface area contributed by atoms with Crippen LogP contribution in [-0.2, 0) is 4.74 Å². The number of hydrogen-bond acceptors (Lipinski definition) is 3. The first-order valence-corrected chi connectivity index (χ1v) is 5.35. The van der Waals surface area contributed by atoms with Crippen LogP contribution in [0, 0.1) is 0 Å². The summed E-state index contributed by atoms with van der Waals surface area (Å²) in [7, 11) is 2.02. The highest BCUT2D eigenvalue weighted by atomic mass is 16.5. The fraction of sp³-hybridized carbons (Fsp3) is 1.00. The van der Waals surface area contributed by atoms with Gasteiger partial charge in [0.25, 0.3) is 0 Å². The third kappa shape index (κ3) is 3.63. The Hall–Kier alpha value is -0.120. The second-order valence-electron chi connectivity index (χ2n) is 3.60. The summed E-state index contributed by atoms with van der Waals surface area (Å²) in [6, 6.07) is 0.747. The maximum absolute atomic E-state index is 5.34. The minimum atomic E-state index is 0.747. The van der Waals surface area contributed by atoms with Crippen molar-refractivity contribution in [3.05, 3.63) is 0 Å². The van der Waals surface area contributed by atoms with E-state index in [9.17, 15) is 0 Å². The van der Waals surface area contributed by atoms with Gasteiger partial charge in [0.15, 0.2) is 0 Å². The van der Waals surface area contributed by atoms with Crippen molar-refractivity contribution in [1.82, 2.24) is 10.2 Å². The lowest BCUT2D eigenvalue weighted by molar-refractivity contribution is 0.0141. The zero-order chi connectivity index (χ0) is 9.52. The molecule has 0 spiro atoms. The van der Waals surface area contributed by atoms with Gasteiger partial charge in [-0.15, -0.1) is 0 Å². The van der Waals surface area contributed by atoms with Gasteiger partial charge in [-0.05, 0) is 26.4 Å². The molecule has 1 saturated heterocycles. The first kappa shape index (κ1) is 11.0. The molecule has 0 aromatic heterocycles. The minimum Gasteiger partial charge on any atom is -0.379 e. The fourth-order valence-corrected chi connectivity index (χ4v) is 1.90. The van der Waals surface area contributed by atoms with Crippen molar-refractivity contribution in [2.45, 2.75) is 25.8 Å². The summed E-state index contributed by atoms with van der Waals surface area (Å²) >= 11 is 0. The fourth-order valence-electron chi connectivity index (χ4n) is 1.90. The van der Waals surface area contributed by atoms with Gasteiger partial charge in [-0.3, -0.25) is 4.90 Å². The molecule has 78 valence electrons. The van der Waals surface area contributed by atoms with Crippen LogP contribution >= 0.6 is 0 Å². The summed E-state index contributed by atoms with van der Waals surface area (Å²) in [4.78, 5) is 2.56. The molecule has 0 aliphatic carbocycles. The van der Waals surface area contributed by atoms with E-state index in [-0.39, 0.29) is 0 Å². The molecule has 1 heterocycles. The quantitative estimate of drug-likeness (QED) is 0.684. The average molecular weight is 186 g/mol. The van der Waals surface area contributed by atoms with E-state index in [1.54, 1.807) is 0 Å². The van der Waals surface area contributed by atoms with Gasteiger partial charge in [-0.25, -0.2) is 0 Å². The molecular formula is C10H22N2O. The maximum atomic E-state index is 5.34. The number of nitrogens with zero attached hydrogens (tertiary/aromatic N) is 1. The lowest BCUT2D eigenvalue weighted by Gasteiger charge is -2.34. The Morgan fingerprint density at radius 3 is 2.62 bits per heavy atom. The van der Waals surface area contributed by atoms with E-state index in [4.69, 9.17) is 4.74 Å². The summed E-state index contributed by atoms with van der Waals surface area (Å²) in [5, 5.41) is 3.21. The largest absolute Gasteiger partial charge is 0.379 e. The normalized spacial score (nSPS) is 21.7. The van der Waals surface area contributed by atoms with Gasteiger partial charge in [0.1, 0.15) is 0 Å². The summed E-state index contributed by atoms with van der Waals surface area (Å²) < 4.78 is 5.34. The molecule has 0 radical (unpaired) electrons. The van der Waals surface area contributed by atoms with Crippen molar-refractivity contribution >= 4 is 0 Å². The van der Waals surface area contributed by atoms with Gasteiger partial charge in [0.05, 0.1) is 13.2 Å². The van der Waals surface area contributed by atoms with Crippen molar-refractivity contribution in [3.8, 4) is 0 Å². The summed E-state index contributed by atoms with van der Waals surface area (Å²) in [6.45, 7) is 7.45. The van der Waals surface area contributed by atoms with Crippen LogP contribution in [0.15, 0.2) is 0 Å². The smallest absolute Gasteiger partial charge is 0.0594 e. The first-order chi connectivity index (χ1) is 6.38. The van der Waals surface area contributed by atoms with Gasteiger partial charge in [0, 0.05) is 19.1 Å². The highest BCUT2D eigenvalue weighted by Crippen LogP contribution is 2.10. The molecule has 1 aliphatic rings. The maximum Gasteiger partial charge on any atom is 0.0594 e. The second kappa shape index (κ2) is 6.35. The molecule has 1 atom stereocenters. The van der Waals surface area contributed by atoms with Crippen LogP contribution in [0.2, 0.25) is 0 Å². The average Bonchev–Trinajstić information content (AvgIpc) is 2.21. The molecule has 13 heavy (non-hydrogen) atoms. The Morgan fingerprint density at radius 2 is 2.08 bits per heavy atom. The molecule has 1 fully saturated rings. The van der Waals surface area contributed by atoms with Crippen molar-refractivity contribution < 1.29 is 4.74 Å². The standard InChI is InChI=1S/C10H22N2O/c1-3-10(4-5-11-2)12-6-8-13-9-7-12/h10-11H,3-9H2,1-2H3. The molecule has 0 aromatic carbocycles. The predicted octanol–water partition coefficient (Wildman–Crippen LogP) is 0.707. The Kier molecular flexibility index (Phi) is 5.35. The van der Waals surface area contributed by atoms with Crippen LogP contribution in [-0.4, -0.2) is 50.8 Å². The third-order valence-corrected chi connectivity index (χ3v) is 2.76. The molecule has 1 aliphatic heterocycles. The lowest BCUT2D eigenvalue weighted by atomic mass is 10.1. The van der Waals surface area contributed by atoms with Crippen molar-refractivity contribution in [2.75, 3.05) is 39.9 Å². The molecule has 3 nitrogen and oxygen atoms in total. The lowest BCUT2D eigenvalue weighted by Crippen LogP contribution is -2.44. The number of nitrogens with one attached hydrogen (secondary N) is 1. The van der Waals surface area contributed by atoms with Crippen molar-refractivity contribution in [1.29, 1.82) is 0 Å². The Labute approximate surface area is 81.4 Å². The first-order valence-electron chi connectivity index (χ1n) is 5.35. The van der Waals surface area contributed by atoms with Crippen LogP contribution in [0.3, 0.4) is 0 Å². The van der Waals surface area contributed by atoms with Gasteiger partial charge in [-0.2, -0.15) is 0 Å². The molecule has 1 rings (SSSR count). The molecule has 0 aromatic rings. The van der Waals surface area contributed by atoms with E-state index in [1.807, 2.05) is 7.05 Å². The van der Waals surface area contributed by atoms with Crippen LogP contribution in [0.5, 0.6) is 0 Å². The molecule has 1 N–H and O–H groups in total. The SMILES string of the molecule is CCC(CCNC)N1CCOCC1. The number of ether oxygens (including phenoxy) is 1. The number of hydrogen-bond donors (Lipinski definition) is 1. The van der Waals surface area contributed by atoms with Crippen molar-refractivity contribution in [2.24, 2.45) is 0 Å². The Morgan fingerprint density at radius 1 is 1.38 bits per heavy atom. The Balaban J connectivity index is 2.26. The monoisotopic (exact) mass is 186 g/mol. The summed E-state index contributed by atoms with van der Waals surface area (Å²) in [5.74, 6) is 0. The number of morpholine rings is 1. The van der Waals surface area contributed by atoms with Crippen LogP contribution in [0.25, 0.3) is 0 Å². The van der Waals surface area contributed by atoms with Gasteiger partial charge >= 0.3 is 0 Å². The van der Waals surface area contributed by atoms with Gasteiger partial charge in [0.2, 0.25) is 0 Å². The molecule has 1 unspecified atom stereocenters. The highest BCUT2D eigenvalue weighted by Gasteiger charge is 2.18. The van der Waals surface area contributed by atoms with Crippen LogP contribution in [0.1, 0.15) is 19.8 Å². The molecule has 0 amide bonds. The predicted molar refractivity (Wildman–Crippen MR) is 55.0 cm³/mol. The zero-order valence-electron chi connectivity index (χ0n) is 8.88. The van der Waals surface area contributed by atoms with E-state index in [1.165, 1.54) is 12.8 Å². The van der Waals surface area contributed by atoms with Gasteiger partial charge in [-0.1, -0.05) is 6.92 Å². The van der Waals surface area contributed by atoms with Crippen LogP contribution < -0.4 is 5.32 Å². The Bertz CT molecular complexity index is 124. The molecule has 3 heteroatoms. The van der Waals surface area contributed by atoms with Crippen molar-refractivity contribution in [3.63, 3.8) is 0 Å². The third-order valence-electron chi connectivity index (χ3n) is 2.76. The summed E-state index contributed by atoms with van der Waals surface area (Å²) in [5.41, 5.74) is 0. The number of rotatable bonds is 5. The second-order valence-corrected chi connectivity index (χ2v) is 3.60. The van der Waals surface area contributed by atoms with E-state index >= 15 is 0 Å². The van der Waals surface area contributed by atoms with E-state index < -0.39 is 0 Å². The topological polar surface area (TPSA) is 24.5 Å². The highest BCUT2D eigenvalue weighted by molar-refractivity contribution is 4.73. The molecular weight excluding hydrogens is 164 g/mol. The van der Waals surface area contributed by atoms with Gasteiger partial charge < -0.3 is 10.1 Å². The minimum absolute atomic E-state index is 0.747.